The number of carbonyl (C=O) groups excluding carboxylic acids is 1. The number of piperazine rings is 1. The van der Waals surface area contributed by atoms with Gasteiger partial charge in [0.05, 0.1) is 20.7 Å². The molecule has 0 unspecified atom stereocenters. The van der Waals surface area contributed by atoms with Gasteiger partial charge < -0.3 is 14.9 Å². The van der Waals surface area contributed by atoms with Gasteiger partial charge in [0.2, 0.25) is 0 Å². The largest absolute Gasteiger partial charge is 0.508 e. The maximum atomic E-state index is 12.5. The maximum absolute atomic E-state index is 12.5. The molecule has 0 spiro atoms. The lowest BCUT2D eigenvalue weighted by atomic mass is 10.1. The van der Waals surface area contributed by atoms with Crippen LogP contribution in [0.5, 0.6) is 5.75 Å². The average molecular weight is 396 g/mol. The van der Waals surface area contributed by atoms with Crippen molar-refractivity contribution in [3.8, 4) is 5.75 Å². The molecule has 1 fully saturated rings. The molecular weight excluding hydrogens is 381 g/mol. The molecule has 26 heavy (non-hydrogen) atoms. The smallest absolute Gasteiger partial charge is 0.272 e. The Balaban J connectivity index is 1.73. The second kappa shape index (κ2) is 7.39. The first-order valence-electron chi connectivity index (χ1n) is 7.83. The number of rotatable bonds is 3. The highest BCUT2D eigenvalue weighted by atomic mass is 35.5. The molecule has 3 rings (SSSR count). The highest BCUT2D eigenvalue weighted by Crippen LogP contribution is 2.37. The van der Waals surface area contributed by atoms with Gasteiger partial charge in [0.15, 0.2) is 0 Å². The van der Waals surface area contributed by atoms with E-state index in [-0.39, 0.29) is 27.4 Å². The van der Waals surface area contributed by atoms with Gasteiger partial charge in [-0.2, -0.15) is 0 Å². The van der Waals surface area contributed by atoms with Crippen molar-refractivity contribution in [1.82, 2.24) is 4.90 Å². The zero-order chi connectivity index (χ0) is 18.8. The molecule has 136 valence electrons. The molecule has 1 saturated heterocycles. The highest BCUT2D eigenvalue weighted by Gasteiger charge is 2.26. The number of halogens is 2. The molecule has 1 heterocycles. The lowest BCUT2D eigenvalue weighted by molar-refractivity contribution is -0.384. The van der Waals surface area contributed by atoms with Crippen molar-refractivity contribution >= 4 is 40.5 Å². The van der Waals surface area contributed by atoms with Crippen molar-refractivity contribution in [1.29, 1.82) is 0 Å². The Morgan fingerprint density at radius 2 is 1.69 bits per heavy atom. The van der Waals surface area contributed by atoms with E-state index in [1.165, 1.54) is 24.3 Å². The third-order valence-corrected chi connectivity index (χ3v) is 4.76. The van der Waals surface area contributed by atoms with Crippen molar-refractivity contribution in [2.75, 3.05) is 31.1 Å². The first kappa shape index (κ1) is 18.3. The predicted molar refractivity (Wildman–Crippen MR) is 99.3 cm³/mol. The van der Waals surface area contributed by atoms with E-state index in [4.69, 9.17) is 23.2 Å². The third kappa shape index (κ3) is 3.68. The Bertz CT molecular complexity index is 844. The first-order valence-corrected chi connectivity index (χ1v) is 8.59. The van der Waals surface area contributed by atoms with E-state index in [0.29, 0.717) is 37.4 Å². The number of hydrogen-bond donors (Lipinski definition) is 1. The molecule has 7 nitrogen and oxygen atoms in total. The zero-order valence-electron chi connectivity index (χ0n) is 13.6. The Labute approximate surface area is 159 Å². The Kier molecular flexibility index (Phi) is 5.20. The fourth-order valence-electron chi connectivity index (χ4n) is 2.91. The van der Waals surface area contributed by atoms with Crippen molar-refractivity contribution in [3.63, 3.8) is 0 Å². The molecule has 1 aliphatic rings. The summed E-state index contributed by atoms with van der Waals surface area (Å²) in [7, 11) is 0. The summed E-state index contributed by atoms with van der Waals surface area (Å²) in [4.78, 5) is 26.4. The van der Waals surface area contributed by atoms with E-state index >= 15 is 0 Å². The number of aromatic hydroxyl groups is 1. The molecule has 0 saturated carbocycles. The number of hydrogen-bond acceptors (Lipinski definition) is 5. The van der Waals surface area contributed by atoms with Crippen LogP contribution in [0.2, 0.25) is 10.0 Å². The van der Waals surface area contributed by atoms with Gasteiger partial charge in [0.1, 0.15) is 5.75 Å². The summed E-state index contributed by atoms with van der Waals surface area (Å²) in [5.74, 6) is -0.125. The number of phenolic OH excluding ortho intramolecular Hbond substituents is 1. The van der Waals surface area contributed by atoms with Crippen LogP contribution in [0.25, 0.3) is 0 Å². The second-order valence-electron chi connectivity index (χ2n) is 5.84. The monoisotopic (exact) mass is 395 g/mol. The van der Waals surface area contributed by atoms with E-state index in [0.717, 1.165) is 0 Å². The van der Waals surface area contributed by atoms with Gasteiger partial charge in [0, 0.05) is 43.9 Å². The van der Waals surface area contributed by atoms with Gasteiger partial charge in [0.25, 0.3) is 11.6 Å². The number of benzene rings is 2. The summed E-state index contributed by atoms with van der Waals surface area (Å²) >= 11 is 12.4. The zero-order valence-corrected chi connectivity index (χ0v) is 15.1. The molecule has 0 aliphatic carbocycles. The summed E-state index contributed by atoms with van der Waals surface area (Å²) in [6.45, 7) is 1.86. The van der Waals surface area contributed by atoms with E-state index in [1.54, 1.807) is 17.0 Å². The van der Waals surface area contributed by atoms with Gasteiger partial charge in [-0.3, -0.25) is 14.9 Å². The van der Waals surface area contributed by atoms with Crippen molar-refractivity contribution in [2.45, 2.75) is 0 Å². The van der Waals surface area contributed by atoms with Crippen LogP contribution in [0.4, 0.5) is 11.4 Å². The van der Waals surface area contributed by atoms with Gasteiger partial charge in [-0.05, 0) is 18.2 Å². The second-order valence-corrected chi connectivity index (χ2v) is 6.66. The number of amides is 1. The quantitative estimate of drug-likeness (QED) is 0.633. The van der Waals surface area contributed by atoms with Crippen molar-refractivity contribution in [3.05, 3.63) is 62.1 Å². The molecule has 1 amide bonds. The first-order chi connectivity index (χ1) is 12.4. The van der Waals surface area contributed by atoms with Gasteiger partial charge in [-0.25, -0.2) is 0 Å². The molecular formula is C17H15Cl2N3O4. The third-order valence-electron chi connectivity index (χ3n) is 4.19. The van der Waals surface area contributed by atoms with Gasteiger partial charge in [-0.1, -0.05) is 29.3 Å². The number of nitro benzene ring substituents is 1. The summed E-state index contributed by atoms with van der Waals surface area (Å²) in [5.41, 5.74) is 0.787. The van der Waals surface area contributed by atoms with Crippen LogP contribution in [-0.2, 0) is 0 Å². The highest BCUT2D eigenvalue weighted by molar-refractivity contribution is 6.39. The number of nitrogens with zero attached hydrogens (tertiary/aromatic N) is 3. The molecule has 2 aromatic rings. The Morgan fingerprint density at radius 3 is 2.23 bits per heavy atom. The van der Waals surface area contributed by atoms with E-state index < -0.39 is 4.92 Å². The number of phenols is 1. The normalized spacial score (nSPS) is 14.4. The minimum absolute atomic E-state index is 0.0407. The molecule has 1 aliphatic heterocycles. The number of anilines is 1. The van der Waals surface area contributed by atoms with Crippen LogP contribution in [-0.4, -0.2) is 47.0 Å². The number of nitro groups is 1. The lowest BCUT2D eigenvalue weighted by Gasteiger charge is -2.36. The van der Waals surface area contributed by atoms with E-state index in [1.807, 2.05) is 4.90 Å². The summed E-state index contributed by atoms with van der Waals surface area (Å²) in [5, 5.41) is 20.8. The van der Waals surface area contributed by atoms with Gasteiger partial charge >= 0.3 is 0 Å². The summed E-state index contributed by atoms with van der Waals surface area (Å²) in [6.07, 6.45) is 0. The van der Waals surface area contributed by atoms with Crippen LogP contribution in [0.3, 0.4) is 0 Å². The number of carbonyl (C=O) groups is 1. The Morgan fingerprint density at radius 1 is 1.08 bits per heavy atom. The predicted octanol–water partition coefficient (Wildman–Crippen LogP) is 3.57. The fourth-order valence-corrected chi connectivity index (χ4v) is 3.63. The lowest BCUT2D eigenvalue weighted by Crippen LogP contribution is -2.49. The summed E-state index contributed by atoms with van der Waals surface area (Å²) < 4.78 is 0. The Hall–Kier alpha value is -2.51. The summed E-state index contributed by atoms with van der Waals surface area (Å²) in [6, 6.07) is 8.75. The van der Waals surface area contributed by atoms with Crippen LogP contribution < -0.4 is 4.90 Å². The van der Waals surface area contributed by atoms with E-state index in [2.05, 4.69) is 0 Å². The maximum Gasteiger partial charge on any atom is 0.272 e. The van der Waals surface area contributed by atoms with Gasteiger partial charge in [-0.15, -0.1) is 0 Å². The fraction of sp³-hybridized carbons (Fsp3) is 0.235. The topological polar surface area (TPSA) is 86.9 Å². The van der Waals surface area contributed by atoms with Crippen LogP contribution in [0.1, 0.15) is 10.4 Å². The van der Waals surface area contributed by atoms with Crippen LogP contribution >= 0.6 is 23.2 Å². The molecule has 0 atom stereocenters. The van der Waals surface area contributed by atoms with E-state index in [9.17, 15) is 20.0 Å². The standard InChI is InChI=1S/C17H15Cl2N3O4/c18-14-9-12(22(25)26)10-15(19)16(14)20-4-6-21(7-5-20)17(24)11-2-1-3-13(23)8-11/h1-3,8-10,23H,4-7H2. The van der Waals surface area contributed by atoms with Crippen molar-refractivity contribution < 1.29 is 14.8 Å². The molecule has 0 aromatic heterocycles. The minimum Gasteiger partial charge on any atom is -0.508 e. The van der Waals surface area contributed by atoms with Crippen LogP contribution in [0, 0.1) is 10.1 Å². The van der Waals surface area contributed by atoms with Crippen molar-refractivity contribution in [2.24, 2.45) is 0 Å². The average Bonchev–Trinajstić information content (AvgIpc) is 2.61. The molecule has 2 aromatic carbocycles. The molecule has 0 radical (unpaired) electrons. The number of non-ortho nitro benzene ring substituents is 1. The molecule has 1 N–H and O–H groups in total. The molecule has 0 bridgehead atoms. The minimum atomic E-state index is -0.548. The van der Waals surface area contributed by atoms with Crippen LogP contribution in [0.15, 0.2) is 36.4 Å². The molecule has 9 heteroatoms. The SMILES string of the molecule is O=C(c1cccc(O)c1)N1CCN(c2c(Cl)cc([N+](=O)[O-])cc2Cl)CC1.